The van der Waals surface area contributed by atoms with Gasteiger partial charge in [-0.05, 0) is 6.42 Å². The predicted octanol–water partition coefficient (Wildman–Crippen LogP) is 4.55. The molecule has 23 heavy (non-hydrogen) atoms. The van der Waals surface area contributed by atoms with Gasteiger partial charge in [-0.15, -0.1) is 31.4 Å². The minimum atomic E-state index is -0.0500. The average molecular weight is 359 g/mol. The summed E-state index contributed by atoms with van der Waals surface area (Å²) in [5, 5.41) is 17.3. The van der Waals surface area contributed by atoms with E-state index in [1.54, 1.807) is 0 Å². The van der Waals surface area contributed by atoms with Gasteiger partial charge in [-0.3, -0.25) is 6.08 Å². The van der Waals surface area contributed by atoms with Gasteiger partial charge in [-0.1, -0.05) is 41.5 Å². The largest absolute Gasteiger partial charge is 0.396 e. The third kappa shape index (κ3) is 19.2. The Morgan fingerprint density at radius 1 is 1.22 bits per heavy atom. The Bertz CT molecular complexity index is 372. The molecule has 0 amide bonds. The first-order valence-corrected chi connectivity index (χ1v) is 7.89. The molecule has 0 spiro atoms. The van der Waals surface area contributed by atoms with E-state index >= 15 is 0 Å². The van der Waals surface area contributed by atoms with Crippen molar-refractivity contribution < 1.29 is 27.6 Å². The fourth-order valence-corrected chi connectivity index (χ4v) is 1.42. The summed E-state index contributed by atoms with van der Waals surface area (Å²) in [6, 6.07) is 0. The van der Waals surface area contributed by atoms with Gasteiger partial charge in [0.1, 0.15) is 0 Å². The standard InChI is InChI=1S/C10H15.C8H14O2.C2H6.Cr/c1-6-7-9(4)10(5)8(2)3;1-3-7(2)4-8(5-9)6-10;1-2;/h6H,2H2,1,3-5H3;1,7-10H,4-6H2,2H3;1-2H3;/q-1;;;/b10-9-;;;. The summed E-state index contributed by atoms with van der Waals surface area (Å²) < 4.78 is 0. The number of terminal acetylenes is 1. The molecule has 1 atom stereocenters. The maximum Gasteiger partial charge on any atom is 0.0481 e. The molecule has 2 N–H and O–H groups in total. The van der Waals surface area contributed by atoms with E-state index in [0.29, 0.717) is 6.42 Å². The second-order valence-corrected chi connectivity index (χ2v) is 5.00. The van der Waals surface area contributed by atoms with Crippen molar-refractivity contribution in [3.05, 3.63) is 35.5 Å². The first kappa shape index (κ1) is 30.2. The molecular weight excluding hydrogens is 324 g/mol. The second kappa shape index (κ2) is 21.2. The number of aliphatic hydroxyl groups is 2. The van der Waals surface area contributed by atoms with Crippen LogP contribution in [0.15, 0.2) is 29.4 Å². The van der Waals surface area contributed by atoms with Crippen LogP contribution in [0.2, 0.25) is 0 Å². The molecular formula is C20H35CrO2-. The van der Waals surface area contributed by atoms with Crippen LogP contribution >= 0.6 is 0 Å². The SMILES string of the molecule is C#CC(C)CC(CO)CO.C=C(C)/C(C)=C(/C)[C-]=CC.CC.[Cr]. The van der Waals surface area contributed by atoms with E-state index in [-0.39, 0.29) is 42.4 Å². The van der Waals surface area contributed by atoms with Gasteiger partial charge in [0.15, 0.2) is 0 Å². The van der Waals surface area contributed by atoms with Gasteiger partial charge in [0, 0.05) is 42.4 Å². The molecule has 2 nitrogen and oxygen atoms in total. The second-order valence-electron chi connectivity index (χ2n) is 5.00. The molecule has 0 aromatic heterocycles. The molecule has 0 bridgehead atoms. The number of rotatable bonds is 6. The molecule has 0 heterocycles. The van der Waals surface area contributed by atoms with Gasteiger partial charge in [0.05, 0.1) is 0 Å². The van der Waals surface area contributed by atoms with Crippen LogP contribution in [-0.2, 0) is 17.4 Å². The molecule has 0 saturated carbocycles. The van der Waals surface area contributed by atoms with Gasteiger partial charge < -0.3 is 10.2 Å². The fraction of sp³-hybridized carbons (Fsp3) is 0.600. The molecule has 0 rings (SSSR count). The van der Waals surface area contributed by atoms with Gasteiger partial charge >= 0.3 is 0 Å². The Balaban J connectivity index is -0.000000136. The molecule has 0 aliphatic heterocycles. The van der Waals surface area contributed by atoms with Gasteiger partial charge in [0.2, 0.25) is 0 Å². The molecule has 0 fully saturated rings. The van der Waals surface area contributed by atoms with E-state index in [0.717, 1.165) is 5.57 Å². The van der Waals surface area contributed by atoms with Crippen LogP contribution in [0.1, 0.15) is 54.9 Å². The van der Waals surface area contributed by atoms with E-state index < -0.39 is 0 Å². The molecule has 0 aromatic carbocycles. The Morgan fingerprint density at radius 2 is 1.65 bits per heavy atom. The summed E-state index contributed by atoms with van der Waals surface area (Å²) >= 11 is 0. The normalized spacial score (nSPS) is 11.9. The third-order valence-corrected chi connectivity index (χ3v) is 3.05. The van der Waals surface area contributed by atoms with E-state index in [4.69, 9.17) is 16.6 Å². The predicted molar refractivity (Wildman–Crippen MR) is 98.3 cm³/mol. The molecule has 3 heteroatoms. The smallest absolute Gasteiger partial charge is 0.0481 e. The summed E-state index contributed by atoms with van der Waals surface area (Å²) in [6.07, 6.45) is 10.9. The first-order valence-electron chi connectivity index (χ1n) is 7.89. The summed E-state index contributed by atoms with van der Waals surface area (Å²) in [5.41, 5.74) is 3.53. The minimum absolute atomic E-state index is 0. The van der Waals surface area contributed by atoms with Gasteiger partial charge in [-0.2, -0.15) is 11.6 Å². The number of hydrogen-bond acceptors (Lipinski definition) is 2. The number of allylic oxidation sites excluding steroid dienone is 5. The summed E-state index contributed by atoms with van der Waals surface area (Å²) in [5.74, 6) is 2.63. The van der Waals surface area contributed by atoms with Crippen molar-refractivity contribution in [2.75, 3.05) is 13.2 Å². The van der Waals surface area contributed by atoms with Crippen molar-refractivity contribution in [3.8, 4) is 12.3 Å². The molecule has 0 aliphatic rings. The molecule has 0 aliphatic carbocycles. The molecule has 134 valence electrons. The maximum absolute atomic E-state index is 8.64. The Kier molecular flexibility index (Phi) is 27.8. The topological polar surface area (TPSA) is 40.5 Å². The van der Waals surface area contributed by atoms with Crippen molar-refractivity contribution in [2.45, 2.75) is 54.9 Å². The van der Waals surface area contributed by atoms with Crippen molar-refractivity contribution >= 4 is 0 Å². The quantitative estimate of drug-likeness (QED) is 0.415. The van der Waals surface area contributed by atoms with E-state index in [1.807, 2.05) is 47.6 Å². The number of hydrogen-bond donors (Lipinski definition) is 2. The maximum atomic E-state index is 8.64. The molecule has 0 saturated heterocycles. The van der Waals surface area contributed by atoms with E-state index in [2.05, 4.69) is 25.5 Å². The summed E-state index contributed by atoms with van der Waals surface area (Å²) in [6.45, 7) is 17.9. The van der Waals surface area contributed by atoms with E-state index in [1.165, 1.54) is 11.1 Å². The monoisotopic (exact) mass is 359 g/mol. The van der Waals surface area contributed by atoms with Crippen LogP contribution in [0.25, 0.3) is 0 Å². The van der Waals surface area contributed by atoms with Crippen molar-refractivity contribution in [1.82, 2.24) is 0 Å². The van der Waals surface area contributed by atoms with Crippen molar-refractivity contribution in [3.63, 3.8) is 0 Å². The Morgan fingerprint density at radius 3 is 1.91 bits per heavy atom. The minimum Gasteiger partial charge on any atom is -0.396 e. The average Bonchev–Trinajstić information content (AvgIpc) is 2.54. The zero-order chi connectivity index (χ0) is 18.1. The molecule has 0 aromatic rings. The number of aliphatic hydroxyl groups excluding tert-OH is 2. The van der Waals surface area contributed by atoms with Crippen LogP contribution in [0.3, 0.4) is 0 Å². The molecule has 0 radical (unpaired) electrons. The van der Waals surface area contributed by atoms with Crippen molar-refractivity contribution in [1.29, 1.82) is 0 Å². The van der Waals surface area contributed by atoms with Crippen LogP contribution in [-0.4, -0.2) is 23.4 Å². The van der Waals surface area contributed by atoms with Crippen LogP contribution < -0.4 is 0 Å². The third-order valence-electron chi connectivity index (χ3n) is 3.05. The van der Waals surface area contributed by atoms with Crippen LogP contribution in [0.5, 0.6) is 0 Å². The molecule has 1 unspecified atom stereocenters. The van der Waals surface area contributed by atoms with Gasteiger partial charge in [0.25, 0.3) is 0 Å². The first-order chi connectivity index (χ1) is 10.3. The van der Waals surface area contributed by atoms with Crippen LogP contribution in [0, 0.1) is 30.3 Å². The fourth-order valence-electron chi connectivity index (χ4n) is 1.42. The van der Waals surface area contributed by atoms with Crippen molar-refractivity contribution in [2.24, 2.45) is 11.8 Å². The van der Waals surface area contributed by atoms with Crippen LogP contribution in [0.4, 0.5) is 0 Å². The summed E-state index contributed by atoms with van der Waals surface area (Å²) in [7, 11) is 0. The Hall–Kier alpha value is -0.768. The zero-order valence-corrected chi connectivity index (χ0v) is 17.2. The summed E-state index contributed by atoms with van der Waals surface area (Å²) in [4.78, 5) is 0. The Labute approximate surface area is 155 Å². The van der Waals surface area contributed by atoms with Gasteiger partial charge in [-0.25, -0.2) is 5.57 Å². The van der Waals surface area contributed by atoms with E-state index in [9.17, 15) is 0 Å². The zero-order valence-electron chi connectivity index (χ0n) is 15.9.